The number of aliphatic carboxylic acids is 1. The van der Waals surface area contributed by atoms with Crippen LogP contribution in [0.3, 0.4) is 0 Å². The van der Waals surface area contributed by atoms with Gasteiger partial charge in [0.1, 0.15) is 55.7 Å². The van der Waals surface area contributed by atoms with Gasteiger partial charge in [-0.1, -0.05) is 134 Å². The van der Waals surface area contributed by atoms with Crippen LogP contribution in [0.4, 0.5) is 9.59 Å². The molecule has 7 atom stereocenters. The fraction of sp³-hybridized carbons (Fsp3) is 0.632. The molecule has 0 fully saturated rings. The molecule has 25 nitrogen and oxygen atoms in total. The lowest BCUT2D eigenvalue weighted by atomic mass is 10.0. The van der Waals surface area contributed by atoms with Crippen LogP contribution >= 0.6 is 0 Å². The third kappa shape index (κ3) is 31.6. The zero-order valence-corrected chi connectivity index (χ0v) is 53.2. The van der Waals surface area contributed by atoms with Gasteiger partial charge in [-0.2, -0.15) is 0 Å². The van der Waals surface area contributed by atoms with Crippen molar-refractivity contribution in [3.8, 4) is 0 Å². The van der Waals surface area contributed by atoms with Gasteiger partial charge in [-0.15, -0.1) is 20.4 Å². The van der Waals surface area contributed by atoms with Crippen LogP contribution in [0.25, 0.3) is 0 Å². The maximum absolute atomic E-state index is 13.0. The summed E-state index contributed by atoms with van der Waals surface area (Å²) in [5.74, 6) is -1.23. The molecule has 11 N–H and O–H groups in total. The van der Waals surface area contributed by atoms with Crippen LogP contribution in [0.1, 0.15) is 123 Å². The molecule has 0 saturated carbocycles. The van der Waals surface area contributed by atoms with E-state index in [4.69, 9.17) is 29.8 Å². The summed E-state index contributed by atoms with van der Waals surface area (Å²) >= 11 is 0. The number of ether oxygens (including phenoxy) is 4. The van der Waals surface area contributed by atoms with Crippen molar-refractivity contribution in [1.29, 1.82) is 0 Å². The molecule has 84 heavy (non-hydrogen) atoms. The van der Waals surface area contributed by atoms with E-state index in [1.807, 2.05) is 79.1 Å². The van der Waals surface area contributed by atoms with Gasteiger partial charge in [-0.05, 0) is 77.6 Å². The number of alkyl carbamates (subject to hydrolysis) is 2. The molecule has 2 aromatic heterocycles. The van der Waals surface area contributed by atoms with Gasteiger partial charge in [0.05, 0.1) is 31.2 Å². The molecule has 0 aliphatic rings. The highest BCUT2D eigenvalue weighted by Crippen LogP contribution is 2.22. The highest BCUT2D eigenvalue weighted by atomic mass is 28.3. The molecular formula is C57H100N12O13Si2. The molecule has 27 heteroatoms. The first-order valence-electron chi connectivity index (χ1n) is 28.1. The number of aliphatic hydroxyl groups excluding tert-OH is 3. The first kappa shape index (κ1) is 75.8. The van der Waals surface area contributed by atoms with Gasteiger partial charge in [-0.25, -0.2) is 9.59 Å². The number of nitrogens with one attached hydrogen (secondary N) is 5. The minimum Gasteiger partial charge on any atom is -0.480 e. The summed E-state index contributed by atoms with van der Waals surface area (Å²) in [4.78, 5) is 60.0. The Morgan fingerprint density at radius 3 is 1.54 bits per heavy atom. The smallest absolute Gasteiger partial charge is 0.407 e. The monoisotopic (exact) mass is 1220 g/mol. The van der Waals surface area contributed by atoms with Crippen molar-refractivity contribution in [2.24, 2.45) is 5.73 Å². The summed E-state index contributed by atoms with van der Waals surface area (Å²) < 4.78 is 25.6. The highest BCUT2D eigenvalue weighted by molar-refractivity contribution is 6.76. The van der Waals surface area contributed by atoms with Crippen molar-refractivity contribution in [3.05, 3.63) is 96.1 Å². The van der Waals surface area contributed by atoms with E-state index in [2.05, 4.69) is 86.3 Å². The molecule has 2 aromatic carbocycles. The van der Waals surface area contributed by atoms with E-state index in [9.17, 15) is 39.3 Å². The fourth-order valence-corrected chi connectivity index (χ4v) is 8.92. The van der Waals surface area contributed by atoms with Crippen molar-refractivity contribution in [1.82, 2.24) is 56.1 Å². The topological polar surface area (TPSA) is 351 Å². The van der Waals surface area contributed by atoms with E-state index in [-0.39, 0.29) is 20.2 Å². The van der Waals surface area contributed by atoms with Crippen molar-refractivity contribution >= 4 is 46.1 Å². The van der Waals surface area contributed by atoms with Gasteiger partial charge >= 0.3 is 18.2 Å². The Bertz CT molecular complexity index is 2520. The van der Waals surface area contributed by atoms with Crippen LogP contribution in [0, 0.1) is 0 Å². The molecule has 6 unspecified atom stereocenters. The summed E-state index contributed by atoms with van der Waals surface area (Å²) in [6, 6.07) is 18.8. The average molecular weight is 1220 g/mol. The quantitative estimate of drug-likeness (QED) is 0.0156. The molecule has 4 aromatic rings. The molecule has 0 spiro atoms. The summed E-state index contributed by atoms with van der Waals surface area (Å²) in [7, 11) is -2.31. The maximum atomic E-state index is 13.0. The Kier molecular flexibility index (Phi) is 33.7. The number of aliphatic hydroxyl groups is 3. The molecular weight excluding hydrogens is 1120 g/mol. The normalized spacial score (nSPS) is 14.2. The number of carbonyl (C=O) groups excluding carboxylic acids is 4. The van der Waals surface area contributed by atoms with Crippen molar-refractivity contribution in [3.63, 3.8) is 0 Å². The Balaban J connectivity index is 0.000000690. The zero-order valence-electron chi connectivity index (χ0n) is 51.2. The second-order valence-corrected chi connectivity index (χ2v) is 35.5. The molecule has 0 aliphatic carbocycles. The van der Waals surface area contributed by atoms with E-state index in [0.29, 0.717) is 44.8 Å². The summed E-state index contributed by atoms with van der Waals surface area (Å²) in [5.41, 5.74) is 6.65. The largest absolute Gasteiger partial charge is 0.480 e. The van der Waals surface area contributed by atoms with E-state index >= 15 is 0 Å². The summed E-state index contributed by atoms with van der Waals surface area (Å²) in [5, 5.41) is 67.8. The first-order chi connectivity index (χ1) is 38.7. The second kappa shape index (κ2) is 37.3. The minimum atomic E-state index is -1.57. The van der Waals surface area contributed by atoms with Gasteiger partial charge in [0.15, 0.2) is 17.8 Å². The molecule has 4 rings (SSSR count). The standard InChI is InChI=1S/C28H46N6O6Si.C15H24N4OSi.C13H26N2O6.CH4/c1-8-12-21(31-27(38)40-28(2,3)4)24(36)26(37)29-17-22(35)32-23(20-13-10-9-11-14-20)25-33-30-18-34(25)19-39-15-16-41(5,6)7;1-21(2,3)10-9-20-12-19-11-17-18-15(19)14(16)13-7-5-4-6-8-13;1-5-6-8(15-12(20)21-13(2,3)4)10(18)11(19)14-7-9(16)17;/h9-11,13-14,18,21,23-24,36H,8,12,15-17,19H2,1-7H3,(H,29,37)(H,31,38)(H,32,35);4-8,11,14H,9-10,12,16H2,1-3H3;8,10-11,14,18-19H,5-7H2,1-4H3,(H,15,20)(H,16,17);1H4/t;;8?,10?,11-;/m..0./s1. The lowest BCUT2D eigenvalue weighted by Crippen LogP contribution is -2.54. The predicted molar refractivity (Wildman–Crippen MR) is 327 cm³/mol. The van der Waals surface area contributed by atoms with E-state index < -0.39 is 107 Å². The third-order valence-corrected chi connectivity index (χ3v) is 15.2. The number of amides is 4. The number of carbonyl (C=O) groups is 5. The van der Waals surface area contributed by atoms with Crippen LogP contribution in [-0.4, -0.2) is 164 Å². The number of hydrogen-bond donors (Lipinski definition) is 10. The van der Waals surface area contributed by atoms with Gasteiger partial charge in [0.2, 0.25) is 5.91 Å². The molecule has 0 radical (unpaired) electrons. The SMILES string of the molecule is C.CCCC(NC(=O)OC(C)(C)C)C(O)C(=O)NCC(=O)NC(c1ccccc1)c1nncn1COCC[Si](C)(C)C.CCCC(NC(=O)OC(C)(C)C)C(O)[C@H](O)NCC(=O)O.C[Si](C)(C)CCOCn1cnnc1C(N)c1ccccc1. The second-order valence-electron chi connectivity index (χ2n) is 24.3. The summed E-state index contributed by atoms with van der Waals surface area (Å²) in [6.45, 7) is 29.0. The van der Waals surface area contributed by atoms with Crippen LogP contribution in [-0.2, 0) is 46.8 Å². The van der Waals surface area contributed by atoms with Gasteiger partial charge in [-0.3, -0.25) is 28.8 Å². The van der Waals surface area contributed by atoms with Crippen molar-refractivity contribution in [2.75, 3.05) is 26.3 Å². The molecule has 0 bridgehead atoms. The number of rotatable bonds is 30. The zero-order chi connectivity index (χ0) is 62.6. The number of aromatic nitrogens is 6. The van der Waals surface area contributed by atoms with E-state index in [1.165, 1.54) is 0 Å². The van der Waals surface area contributed by atoms with Crippen LogP contribution < -0.4 is 32.3 Å². The Morgan fingerprint density at radius 1 is 0.643 bits per heavy atom. The number of carboxylic acid groups (broad SMARTS) is 1. The van der Waals surface area contributed by atoms with Gasteiger partial charge in [0, 0.05) is 29.4 Å². The van der Waals surface area contributed by atoms with E-state index in [1.54, 1.807) is 58.8 Å². The molecule has 4 amide bonds. The first-order valence-corrected chi connectivity index (χ1v) is 35.5. The maximum Gasteiger partial charge on any atom is 0.407 e. The van der Waals surface area contributed by atoms with E-state index in [0.717, 1.165) is 35.6 Å². The molecule has 474 valence electrons. The molecule has 0 aliphatic heterocycles. The minimum absolute atomic E-state index is 0. The third-order valence-electron chi connectivity index (χ3n) is 11.8. The Hall–Kier alpha value is -6.18. The van der Waals surface area contributed by atoms with Gasteiger partial charge < -0.3 is 66.4 Å². The van der Waals surface area contributed by atoms with Crippen LogP contribution in [0.2, 0.25) is 51.4 Å². The Labute approximate surface area is 499 Å². The van der Waals surface area contributed by atoms with Crippen LogP contribution in [0.5, 0.6) is 0 Å². The number of nitrogens with two attached hydrogens (primary N) is 1. The van der Waals surface area contributed by atoms with Crippen molar-refractivity contribution in [2.45, 2.75) is 207 Å². The number of nitrogens with zero attached hydrogens (tertiary/aromatic N) is 6. The summed E-state index contributed by atoms with van der Waals surface area (Å²) in [6.07, 6.45) is -0.595. The number of carboxylic acids is 1. The van der Waals surface area contributed by atoms with Crippen molar-refractivity contribution < 1.29 is 63.3 Å². The lowest BCUT2D eigenvalue weighted by Gasteiger charge is -2.29. The number of hydrogen-bond acceptors (Lipinski definition) is 18. The fourth-order valence-electron chi connectivity index (χ4n) is 7.40. The van der Waals surface area contributed by atoms with Crippen LogP contribution in [0.15, 0.2) is 73.3 Å². The Morgan fingerprint density at radius 2 is 1.08 bits per heavy atom. The molecule has 2 heterocycles. The average Bonchev–Trinajstić information content (AvgIpc) is 4.24. The number of benzene rings is 2. The van der Waals surface area contributed by atoms with Gasteiger partial charge in [0.25, 0.3) is 5.91 Å². The highest BCUT2D eigenvalue weighted by Gasteiger charge is 2.31. The molecule has 0 saturated heterocycles. The lowest BCUT2D eigenvalue weighted by molar-refractivity contribution is -0.137. The predicted octanol–water partition coefficient (Wildman–Crippen LogP) is 6.27.